The van der Waals surface area contributed by atoms with Gasteiger partial charge in [-0.1, -0.05) is 17.7 Å². The summed E-state index contributed by atoms with van der Waals surface area (Å²) in [6.07, 6.45) is 0.873. The summed E-state index contributed by atoms with van der Waals surface area (Å²) in [6, 6.07) is 3.79. The number of nitrogens with one attached hydrogen (secondary N) is 2. The number of fused-ring (bicyclic) bond motifs is 1. The molecule has 1 aliphatic rings. The van der Waals surface area contributed by atoms with Crippen LogP contribution >= 0.6 is 11.6 Å². The lowest BCUT2D eigenvalue weighted by Gasteiger charge is -2.21. The van der Waals surface area contributed by atoms with Crippen LogP contribution in [0.4, 0.5) is 5.69 Å². The molecule has 0 unspecified atom stereocenters. The average Bonchev–Trinajstić information content (AvgIpc) is 2.27. The van der Waals surface area contributed by atoms with Crippen molar-refractivity contribution in [3.05, 3.63) is 28.3 Å². The highest BCUT2D eigenvalue weighted by atomic mass is 35.5. The van der Waals surface area contributed by atoms with E-state index in [9.17, 15) is 4.79 Å². The van der Waals surface area contributed by atoms with Crippen LogP contribution in [0.3, 0.4) is 0 Å². The van der Waals surface area contributed by atoms with Gasteiger partial charge in [-0.25, -0.2) is 0 Å². The molecule has 0 aliphatic carbocycles. The van der Waals surface area contributed by atoms with E-state index in [2.05, 4.69) is 10.6 Å². The van der Waals surface area contributed by atoms with Gasteiger partial charge < -0.3 is 15.7 Å². The summed E-state index contributed by atoms with van der Waals surface area (Å²) in [7, 11) is 0. The Labute approximate surface area is 98.6 Å². The maximum atomic E-state index is 10.5. The number of aliphatic carboxylic acids is 1. The summed E-state index contributed by atoms with van der Waals surface area (Å²) >= 11 is 6.07. The third kappa shape index (κ3) is 2.28. The number of carboxylic acids is 1. The van der Waals surface area contributed by atoms with Gasteiger partial charge in [0.1, 0.15) is 6.54 Å². The van der Waals surface area contributed by atoms with Gasteiger partial charge in [-0.2, -0.15) is 0 Å². The van der Waals surface area contributed by atoms with Crippen molar-refractivity contribution in [1.82, 2.24) is 5.32 Å². The van der Waals surface area contributed by atoms with Gasteiger partial charge in [0.15, 0.2) is 0 Å². The first kappa shape index (κ1) is 11.2. The molecule has 16 heavy (non-hydrogen) atoms. The lowest BCUT2D eigenvalue weighted by molar-refractivity contribution is -0.134. The first-order valence-electron chi connectivity index (χ1n) is 5.15. The number of hydrogen-bond donors (Lipinski definition) is 3. The van der Waals surface area contributed by atoms with Gasteiger partial charge in [-0.15, -0.1) is 0 Å². The zero-order valence-corrected chi connectivity index (χ0v) is 9.47. The van der Waals surface area contributed by atoms with Crippen LogP contribution in [0, 0.1) is 0 Å². The van der Waals surface area contributed by atoms with Crippen LogP contribution in [-0.2, 0) is 17.8 Å². The van der Waals surface area contributed by atoms with Crippen LogP contribution in [0.25, 0.3) is 0 Å². The van der Waals surface area contributed by atoms with E-state index in [0.29, 0.717) is 5.02 Å². The molecule has 0 amide bonds. The van der Waals surface area contributed by atoms with Crippen LogP contribution in [0.2, 0.25) is 5.02 Å². The fourth-order valence-corrected chi connectivity index (χ4v) is 2.15. The standard InChI is InChI=1S/C11H13ClN2O2/c12-9-2-1-7-5-13-4-3-8(7)11(9)14-6-10(15)16/h1-2,13-14H,3-6H2,(H,15,16). The molecule has 2 rings (SSSR count). The maximum absolute atomic E-state index is 10.5. The fourth-order valence-electron chi connectivity index (χ4n) is 1.91. The SMILES string of the molecule is O=C(O)CNc1c(Cl)ccc2c1CCNC2. The molecule has 0 fully saturated rings. The molecule has 0 saturated heterocycles. The van der Waals surface area contributed by atoms with Gasteiger partial charge in [0, 0.05) is 6.54 Å². The Hall–Kier alpha value is -1.26. The molecule has 0 saturated carbocycles. The second kappa shape index (κ2) is 4.72. The number of benzene rings is 1. The smallest absolute Gasteiger partial charge is 0.322 e. The molecule has 1 aliphatic heterocycles. The minimum Gasteiger partial charge on any atom is -0.480 e. The van der Waals surface area contributed by atoms with Crippen LogP contribution in [0.1, 0.15) is 11.1 Å². The van der Waals surface area contributed by atoms with Crippen molar-refractivity contribution in [3.63, 3.8) is 0 Å². The molecule has 0 bridgehead atoms. The van der Waals surface area contributed by atoms with Crippen molar-refractivity contribution >= 4 is 23.3 Å². The van der Waals surface area contributed by atoms with E-state index in [-0.39, 0.29) is 6.54 Å². The molecule has 3 N–H and O–H groups in total. The van der Waals surface area contributed by atoms with Crippen molar-refractivity contribution < 1.29 is 9.90 Å². The van der Waals surface area contributed by atoms with Crippen LogP contribution < -0.4 is 10.6 Å². The molecule has 1 aromatic carbocycles. The Balaban J connectivity index is 2.30. The predicted octanol–water partition coefficient (Wildman–Crippen LogP) is 1.48. The van der Waals surface area contributed by atoms with Crippen LogP contribution in [-0.4, -0.2) is 24.2 Å². The number of carboxylic acid groups (broad SMARTS) is 1. The molecular weight excluding hydrogens is 228 g/mol. The Morgan fingerprint density at radius 2 is 2.38 bits per heavy atom. The zero-order chi connectivity index (χ0) is 11.5. The largest absolute Gasteiger partial charge is 0.480 e. The topological polar surface area (TPSA) is 61.4 Å². The van der Waals surface area contributed by atoms with Crippen molar-refractivity contribution in [2.75, 3.05) is 18.4 Å². The highest BCUT2D eigenvalue weighted by Gasteiger charge is 2.15. The summed E-state index contributed by atoms with van der Waals surface area (Å²) in [4.78, 5) is 10.5. The van der Waals surface area contributed by atoms with E-state index in [1.165, 1.54) is 5.56 Å². The van der Waals surface area contributed by atoms with E-state index < -0.39 is 5.97 Å². The van der Waals surface area contributed by atoms with E-state index in [0.717, 1.165) is 30.8 Å². The van der Waals surface area contributed by atoms with E-state index in [1.807, 2.05) is 6.07 Å². The van der Waals surface area contributed by atoms with Gasteiger partial charge >= 0.3 is 5.97 Å². The minimum absolute atomic E-state index is 0.108. The highest BCUT2D eigenvalue weighted by Crippen LogP contribution is 2.30. The number of anilines is 1. The normalized spacial score (nSPS) is 14.3. The fraction of sp³-hybridized carbons (Fsp3) is 0.364. The van der Waals surface area contributed by atoms with Gasteiger partial charge in [0.2, 0.25) is 0 Å². The Bertz CT molecular complexity index is 421. The second-order valence-electron chi connectivity index (χ2n) is 3.73. The minimum atomic E-state index is -0.886. The first-order valence-corrected chi connectivity index (χ1v) is 5.53. The van der Waals surface area contributed by atoms with E-state index in [1.54, 1.807) is 6.07 Å². The maximum Gasteiger partial charge on any atom is 0.322 e. The summed E-state index contributed by atoms with van der Waals surface area (Å²) < 4.78 is 0. The molecule has 1 heterocycles. The van der Waals surface area contributed by atoms with Crippen molar-refractivity contribution in [1.29, 1.82) is 0 Å². The summed E-state index contributed by atoms with van der Waals surface area (Å²) in [5.74, 6) is -0.886. The van der Waals surface area contributed by atoms with Crippen molar-refractivity contribution in [3.8, 4) is 0 Å². The molecule has 0 spiro atoms. The third-order valence-corrected chi connectivity index (χ3v) is 2.96. The molecule has 1 aromatic rings. The van der Waals surface area contributed by atoms with E-state index in [4.69, 9.17) is 16.7 Å². The van der Waals surface area contributed by atoms with Crippen LogP contribution in [0.5, 0.6) is 0 Å². The van der Waals surface area contributed by atoms with Crippen LogP contribution in [0.15, 0.2) is 12.1 Å². The Morgan fingerprint density at radius 1 is 1.56 bits per heavy atom. The lowest BCUT2D eigenvalue weighted by Crippen LogP contribution is -2.25. The predicted molar refractivity (Wildman–Crippen MR) is 63.0 cm³/mol. The molecule has 0 radical (unpaired) electrons. The number of rotatable bonds is 3. The molecule has 0 aromatic heterocycles. The van der Waals surface area contributed by atoms with Gasteiger partial charge in [-0.3, -0.25) is 4.79 Å². The van der Waals surface area contributed by atoms with Crippen molar-refractivity contribution in [2.45, 2.75) is 13.0 Å². The molecule has 0 atom stereocenters. The first-order chi connectivity index (χ1) is 7.68. The van der Waals surface area contributed by atoms with Gasteiger partial charge in [-0.05, 0) is 30.2 Å². The summed E-state index contributed by atoms with van der Waals surface area (Å²) in [5.41, 5.74) is 3.08. The number of carbonyl (C=O) groups is 1. The molecular formula is C11H13ClN2O2. The molecule has 4 nitrogen and oxygen atoms in total. The van der Waals surface area contributed by atoms with Gasteiger partial charge in [0.25, 0.3) is 0 Å². The summed E-state index contributed by atoms with van der Waals surface area (Å²) in [6.45, 7) is 1.60. The van der Waals surface area contributed by atoms with E-state index >= 15 is 0 Å². The highest BCUT2D eigenvalue weighted by molar-refractivity contribution is 6.33. The number of hydrogen-bond acceptors (Lipinski definition) is 3. The second-order valence-corrected chi connectivity index (χ2v) is 4.14. The Morgan fingerprint density at radius 3 is 3.12 bits per heavy atom. The third-order valence-electron chi connectivity index (χ3n) is 2.64. The zero-order valence-electron chi connectivity index (χ0n) is 8.72. The van der Waals surface area contributed by atoms with Gasteiger partial charge in [0.05, 0.1) is 10.7 Å². The molecule has 86 valence electrons. The van der Waals surface area contributed by atoms with Crippen molar-refractivity contribution in [2.24, 2.45) is 0 Å². The quantitative estimate of drug-likeness (QED) is 0.749. The monoisotopic (exact) mass is 240 g/mol. The Kier molecular flexibility index (Phi) is 3.31. The lowest BCUT2D eigenvalue weighted by atomic mass is 9.99. The molecule has 5 heteroatoms. The average molecular weight is 241 g/mol. The number of halogens is 1. The summed E-state index contributed by atoms with van der Waals surface area (Å²) in [5, 5.41) is 15.4.